The van der Waals surface area contributed by atoms with Gasteiger partial charge in [-0.15, -0.1) is 52.6 Å². The van der Waals surface area contributed by atoms with Crippen LogP contribution >= 0.6 is 0 Å². The van der Waals surface area contributed by atoms with Crippen LogP contribution in [0.15, 0.2) is 52.6 Å². The first-order valence-electron chi connectivity index (χ1n) is 5.52. The van der Waals surface area contributed by atoms with Crippen molar-refractivity contribution < 1.29 is 5.11 Å². The van der Waals surface area contributed by atoms with Gasteiger partial charge in [0.05, 0.1) is 0 Å². The summed E-state index contributed by atoms with van der Waals surface area (Å²) in [5, 5.41) is 8.37. The Kier molecular flexibility index (Phi) is 176. The number of unbranched alkanes of at least 4 members (excludes halogenated alkanes) is 4. The van der Waals surface area contributed by atoms with E-state index >= 15 is 0 Å². The van der Waals surface area contributed by atoms with Crippen molar-refractivity contribution in [1.29, 1.82) is 0 Å². The lowest BCUT2D eigenvalue weighted by atomic mass is 10.2. The summed E-state index contributed by atoms with van der Waals surface area (Å²) in [4.78, 5) is 0. The third-order valence-electron chi connectivity index (χ3n) is 1.26. The van der Waals surface area contributed by atoms with Crippen LogP contribution in [0.2, 0.25) is 0 Å². The Morgan fingerprint density at radius 3 is 1.19 bits per heavy atom. The molecule has 0 saturated carbocycles. The molecule has 0 rings (SSSR count). The van der Waals surface area contributed by atoms with Gasteiger partial charge in [0.2, 0.25) is 0 Å². The molecule has 16 heavy (non-hydrogen) atoms. The molecule has 0 aromatic rings. The van der Waals surface area contributed by atoms with E-state index in [1.807, 2.05) is 0 Å². The zero-order valence-corrected chi connectivity index (χ0v) is 11.3. The average molecular weight is 228 g/mol. The summed E-state index contributed by atoms with van der Waals surface area (Å²) in [6.45, 7) is 26.6. The summed E-state index contributed by atoms with van der Waals surface area (Å²) in [5.74, 6) is 0. The molecule has 0 unspecified atom stereocenters. The second kappa shape index (κ2) is 96.0. The van der Waals surface area contributed by atoms with Gasteiger partial charge in [0.1, 0.15) is 0 Å². The lowest BCUT2D eigenvalue weighted by Gasteiger charge is -1.93. The molecule has 1 N–H and O–H groups in total. The molecule has 0 radical (unpaired) electrons. The molecule has 0 aromatic carbocycles. The Morgan fingerprint density at radius 1 is 0.625 bits per heavy atom. The normalized spacial score (nSPS) is 5.88. The molecule has 0 amide bonds. The van der Waals surface area contributed by atoms with Gasteiger partial charge in [-0.3, -0.25) is 0 Å². The first-order chi connectivity index (χ1) is 7.91. The van der Waals surface area contributed by atoms with Crippen molar-refractivity contribution in [3.8, 4) is 0 Å². The van der Waals surface area contributed by atoms with Gasteiger partial charge in [0, 0.05) is 6.61 Å². The van der Waals surface area contributed by atoms with Gasteiger partial charge in [-0.05, 0) is 6.42 Å². The number of hydrogen-bond donors (Lipinski definition) is 1. The van der Waals surface area contributed by atoms with Gasteiger partial charge in [-0.1, -0.05) is 32.6 Å². The Labute approximate surface area is 104 Å². The molecule has 0 aliphatic carbocycles. The standard InChI is InChI=1S/C7H16O.4C2H4/c1-2-3-4-5-6-7-8;4*1-2/h8H,2-7H2,1H3;4*1-2H2. The van der Waals surface area contributed by atoms with Crippen molar-refractivity contribution in [2.75, 3.05) is 6.61 Å². The van der Waals surface area contributed by atoms with Crippen molar-refractivity contribution in [3.63, 3.8) is 0 Å². The highest BCUT2D eigenvalue weighted by molar-refractivity contribution is 4.39. The van der Waals surface area contributed by atoms with Crippen molar-refractivity contribution in [3.05, 3.63) is 52.6 Å². The number of aliphatic hydroxyl groups excluding tert-OH is 1. The molecule has 0 atom stereocenters. The predicted octanol–water partition coefficient (Wildman–Crippen LogP) is 5.16. The van der Waals surface area contributed by atoms with Crippen molar-refractivity contribution in [2.24, 2.45) is 0 Å². The van der Waals surface area contributed by atoms with E-state index in [2.05, 4.69) is 59.6 Å². The van der Waals surface area contributed by atoms with Gasteiger partial charge in [0.25, 0.3) is 0 Å². The molecular formula is C15H32O. The molecule has 1 heteroatoms. The highest BCUT2D eigenvalue weighted by atomic mass is 16.2. The van der Waals surface area contributed by atoms with Crippen LogP contribution in [0.25, 0.3) is 0 Å². The van der Waals surface area contributed by atoms with Crippen LogP contribution in [0.4, 0.5) is 0 Å². The van der Waals surface area contributed by atoms with Crippen molar-refractivity contribution in [2.45, 2.75) is 39.0 Å². The maximum Gasteiger partial charge on any atom is 0.0431 e. The topological polar surface area (TPSA) is 20.2 Å². The molecule has 0 aromatic heterocycles. The molecule has 0 spiro atoms. The summed E-state index contributed by atoms with van der Waals surface area (Å²) in [7, 11) is 0. The highest BCUT2D eigenvalue weighted by Gasteiger charge is 1.84. The van der Waals surface area contributed by atoms with Gasteiger partial charge in [-0.2, -0.15) is 0 Å². The van der Waals surface area contributed by atoms with Crippen molar-refractivity contribution >= 4 is 0 Å². The Bertz CT molecular complexity index is 57.8. The fraction of sp³-hybridized carbons (Fsp3) is 0.467. The van der Waals surface area contributed by atoms with Crippen LogP contribution in [0.3, 0.4) is 0 Å². The maximum atomic E-state index is 8.37. The molecule has 0 saturated heterocycles. The van der Waals surface area contributed by atoms with Crippen LogP contribution in [0, 0.1) is 0 Å². The molecule has 0 aliphatic rings. The lowest BCUT2D eigenvalue weighted by Crippen LogP contribution is -1.81. The predicted molar refractivity (Wildman–Crippen MR) is 80.9 cm³/mol. The number of aliphatic hydroxyl groups is 1. The van der Waals surface area contributed by atoms with E-state index in [1.54, 1.807) is 0 Å². The fourth-order valence-corrected chi connectivity index (χ4v) is 0.715. The summed E-state index contributed by atoms with van der Waals surface area (Å²) in [6.07, 6.45) is 6.08. The van der Waals surface area contributed by atoms with Crippen LogP contribution < -0.4 is 0 Å². The third-order valence-corrected chi connectivity index (χ3v) is 1.26. The summed E-state index contributed by atoms with van der Waals surface area (Å²) in [5.41, 5.74) is 0. The second-order valence-corrected chi connectivity index (χ2v) is 2.14. The minimum atomic E-state index is 0.365. The highest BCUT2D eigenvalue weighted by Crippen LogP contribution is 2.00. The average Bonchev–Trinajstić information content (AvgIpc) is 2.44. The SMILES string of the molecule is C=C.C=C.C=C.C=C.CCCCCCCO. The van der Waals surface area contributed by atoms with E-state index in [0.717, 1.165) is 6.42 Å². The zero-order chi connectivity index (χ0) is 14.2. The summed E-state index contributed by atoms with van der Waals surface area (Å²) >= 11 is 0. The van der Waals surface area contributed by atoms with E-state index in [0.29, 0.717) is 6.61 Å². The van der Waals surface area contributed by atoms with Crippen LogP contribution in [-0.4, -0.2) is 11.7 Å². The Morgan fingerprint density at radius 2 is 0.938 bits per heavy atom. The summed E-state index contributed by atoms with van der Waals surface area (Å²) < 4.78 is 0. The molecule has 0 aliphatic heterocycles. The molecular weight excluding hydrogens is 196 g/mol. The van der Waals surface area contributed by atoms with E-state index < -0.39 is 0 Å². The largest absolute Gasteiger partial charge is 0.396 e. The van der Waals surface area contributed by atoms with Gasteiger partial charge in [0.15, 0.2) is 0 Å². The van der Waals surface area contributed by atoms with Gasteiger partial charge < -0.3 is 5.11 Å². The van der Waals surface area contributed by atoms with Gasteiger partial charge >= 0.3 is 0 Å². The molecule has 0 heterocycles. The zero-order valence-electron chi connectivity index (χ0n) is 11.3. The lowest BCUT2D eigenvalue weighted by molar-refractivity contribution is 0.282. The van der Waals surface area contributed by atoms with Crippen LogP contribution in [-0.2, 0) is 0 Å². The van der Waals surface area contributed by atoms with E-state index in [-0.39, 0.29) is 0 Å². The van der Waals surface area contributed by atoms with Crippen LogP contribution in [0.5, 0.6) is 0 Å². The molecule has 0 bridgehead atoms. The first-order valence-corrected chi connectivity index (χ1v) is 5.52. The van der Waals surface area contributed by atoms with Crippen LogP contribution in [0.1, 0.15) is 39.0 Å². The quantitative estimate of drug-likeness (QED) is 0.509. The molecule has 0 fully saturated rings. The number of rotatable bonds is 5. The minimum Gasteiger partial charge on any atom is -0.396 e. The monoisotopic (exact) mass is 228 g/mol. The van der Waals surface area contributed by atoms with E-state index in [4.69, 9.17) is 5.11 Å². The fourth-order valence-electron chi connectivity index (χ4n) is 0.715. The third kappa shape index (κ3) is 119. The molecule has 98 valence electrons. The first kappa shape index (κ1) is 29.4. The maximum absolute atomic E-state index is 8.37. The van der Waals surface area contributed by atoms with E-state index in [1.165, 1.54) is 25.7 Å². The Hall–Kier alpha value is -1.08. The summed E-state index contributed by atoms with van der Waals surface area (Å²) in [6, 6.07) is 0. The number of hydrogen-bond acceptors (Lipinski definition) is 1. The molecule has 1 nitrogen and oxygen atoms in total. The smallest absolute Gasteiger partial charge is 0.0431 e. The van der Waals surface area contributed by atoms with E-state index in [9.17, 15) is 0 Å². The Balaban J connectivity index is -0.0000000426. The second-order valence-electron chi connectivity index (χ2n) is 2.14. The van der Waals surface area contributed by atoms with Crippen molar-refractivity contribution in [1.82, 2.24) is 0 Å². The minimum absolute atomic E-state index is 0.365. The van der Waals surface area contributed by atoms with Gasteiger partial charge in [-0.25, -0.2) is 0 Å².